The van der Waals surface area contributed by atoms with Gasteiger partial charge in [-0.25, -0.2) is 0 Å². The van der Waals surface area contributed by atoms with Crippen LogP contribution >= 0.6 is 0 Å². The maximum Gasteiger partial charge on any atom is 0.305 e. The standard InChI is InChI=1S/C25H32O7/c1-5-25(30-6-2)31-23(17-28-15-19-9-7-11-21(13-19)26-3)24(32-25)18-29-16-20-10-8-12-22(14-20)27-4/h5,7-14,23-24H,1,6,15-18H2,2-4H3. The summed E-state index contributed by atoms with van der Waals surface area (Å²) in [4.78, 5) is 0. The number of hydrogen-bond donors (Lipinski definition) is 0. The molecule has 0 N–H and O–H groups in total. The molecule has 1 aliphatic rings. The molecule has 2 unspecified atom stereocenters. The molecule has 0 aromatic heterocycles. The summed E-state index contributed by atoms with van der Waals surface area (Å²) in [6.45, 7) is 7.57. The fourth-order valence-corrected chi connectivity index (χ4v) is 3.42. The highest BCUT2D eigenvalue weighted by molar-refractivity contribution is 5.28. The smallest absolute Gasteiger partial charge is 0.305 e. The van der Waals surface area contributed by atoms with Crippen LogP contribution in [0, 0.1) is 0 Å². The normalized spacial score (nSPS) is 22.6. The second-order valence-corrected chi connectivity index (χ2v) is 7.29. The molecular weight excluding hydrogens is 412 g/mol. The van der Waals surface area contributed by atoms with Gasteiger partial charge in [0.2, 0.25) is 0 Å². The monoisotopic (exact) mass is 444 g/mol. The first-order valence-electron chi connectivity index (χ1n) is 10.7. The fraction of sp³-hybridized carbons (Fsp3) is 0.440. The SMILES string of the molecule is C=CC1(OCC)OC(COCc2cccc(OC)c2)C(COCc2cccc(OC)c2)O1. The number of rotatable bonds is 13. The molecule has 1 heterocycles. The Balaban J connectivity index is 1.58. The zero-order chi connectivity index (χ0) is 22.8. The summed E-state index contributed by atoms with van der Waals surface area (Å²) in [5.74, 6) is 0.276. The van der Waals surface area contributed by atoms with Gasteiger partial charge in [0.25, 0.3) is 0 Å². The van der Waals surface area contributed by atoms with E-state index in [9.17, 15) is 0 Å². The summed E-state index contributed by atoms with van der Waals surface area (Å²) < 4.78 is 40.2. The third-order valence-electron chi connectivity index (χ3n) is 5.01. The summed E-state index contributed by atoms with van der Waals surface area (Å²) in [7, 11) is 3.28. The van der Waals surface area contributed by atoms with Crippen molar-refractivity contribution in [3.8, 4) is 11.5 Å². The topological polar surface area (TPSA) is 64.6 Å². The molecular formula is C25H32O7. The third-order valence-corrected chi connectivity index (χ3v) is 5.01. The van der Waals surface area contributed by atoms with Crippen molar-refractivity contribution in [2.75, 3.05) is 34.0 Å². The van der Waals surface area contributed by atoms with Crippen LogP contribution in [-0.2, 0) is 36.9 Å². The molecule has 0 aliphatic carbocycles. The van der Waals surface area contributed by atoms with E-state index >= 15 is 0 Å². The lowest BCUT2D eigenvalue weighted by Gasteiger charge is -2.23. The van der Waals surface area contributed by atoms with Gasteiger partial charge >= 0.3 is 5.97 Å². The molecule has 1 fully saturated rings. The minimum absolute atomic E-state index is 0.313. The van der Waals surface area contributed by atoms with E-state index in [-0.39, 0.29) is 12.2 Å². The van der Waals surface area contributed by atoms with Crippen molar-refractivity contribution in [3.63, 3.8) is 0 Å². The van der Waals surface area contributed by atoms with Crippen LogP contribution < -0.4 is 9.47 Å². The molecule has 2 atom stereocenters. The van der Waals surface area contributed by atoms with Gasteiger partial charge in [0.05, 0.1) is 40.6 Å². The summed E-state index contributed by atoms with van der Waals surface area (Å²) in [5, 5.41) is 0. The largest absolute Gasteiger partial charge is 0.497 e. The van der Waals surface area contributed by atoms with Gasteiger partial charge in [0.15, 0.2) is 0 Å². The average molecular weight is 445 g/mol. The summed E-state index contributed by atoms with van der Waals surface area (Å²) >= 11 is 0. The molecule has 1 aliphatic heterocycles. The van der Waals surface area contributed by atoms with Crippen molar-refractivity contribution in [2.24, 2.45) is 0 Å². The first-order chi connectivity index (χ1) is 15.6. The lowest BCUT2D eigenvalue weighted by atomic mass is 10.2. The quantitative estimate of drug-likeness (QED) is 0.431. The Morgan fingerprint density at radius 2 is 1.38 bits per heavy atom. The van der Waals surface area contributed by atoms with Gasteiger partial charge in [0, 0.05) is 6.61 Å². The zero-order valence-electron chi connectivity index (χ0n) is 19.0. The van der Waals surface area contributed by atoms with Crippen molar-refractivity contribution in [1.29, 1.82) is 0 Å². The Bertz CT molecular complexity index is 792. The molecule has 7 heteroatoms. The van der Waals surface area contributed by atoms with Crippen molar-refractivity contribution in [3.05, 3.63) is 72.3 Å². The highest BCUT2D eigenvalue weighted by Gasteiger charge is 2.47. The Morgan fingerprint density at radius 1 is 0.875 bits per heavy atom. The van der Waals surface area contributed by atoms with Crippen molar-refractivity contribution < 1.29 is 33.2 Å². The number of methoxy groups -OCH3 is 2. The first kappa shape index (κ1) is 24.2. The van der Waals surface area contributed by atoms with Crippen LogP contribution in [0.2, 0.25) is 0 Å². The highest BCUT2D eigenvalue weighted by Crippen LogP contribution is 2.32. The molecule has 3 rings (SSSR count). The lowest BCUT2D eigenvalue weighted by molar-refractivity contribution is -0.309. The third kappa shape index (κ3) is 6.54. The molecule has 174 valence electrons. The molecule has 0 bridgehead atoms. The Morgan fingerprint density at radius 3 is 1.78 bits per heavy atom. The van der Waals surface area contributed by atoms with Gasteiger partial charge in [-0.2, -0.15) is 0 Å². The van der Waals surface area contributed by atoms with Gasteiger partial charge in [-0.05, 0) is 48.4 Å². The van der Waals surface area contributed by atoms with E-state index in [2.05, 4.69) is 6.58 Å². The predicted molar refractivity (Wildman–Crippen MR) is 120 cm³/mol. The predicted octanol–water partition coefficient (Wildman–Crippen LogP) is 4.10. The van der Waals surface area contributed by atoms with Crippen molar-refractivity contribution in [2.45, 2.75) is 38.3 Å². The van der Waals surface area contributed by atoms with E-state index < -0.39 is 5.97 Å². The molecule has 0 radical (unpaired) electrons. The Hall–Kier alpha value is -2.42. The van der Waals surface area contributed by atoms with E-state index in [0.717, 1.165) is 22.6 Å². The van der Waals surface area contributed by atoms with Crippen molar-refractivity contribution >= 4 is 0 Å². The molecule has 1 saturated heterocycles. The minimum atomic E-state index is -1.30. The maximum atomic E-state index is 6.06. The van der Waals surface area contributed by atoms with Crippen LogP contribution in [0.15, 0.2) is 61.2 Å². The highest BCUT2D eigenvalue weighted by atomic mass is 16.9. The average Bonchev–Trinajstić information content (AvgIpc) is 3.17. The van der Waals surface area contributed by atoms with Crippen molar-refractivity contribution in [1.82, 2.24) is 0 Å². The van der Waals surface area contributed by atoms with Crippen LogP contribution in [0.4, 0.5) is 0 Å². The molecule has 0 saturated carbocycles. The van der Waals surface area contributed by atoms with Gasteiger partial charge in [-0.1, -0.05) is 30.8 Å². The molecule has 2 aromatic carbocycles. The van der Waals surface area contributed by atoms with E-state index in [1.165, 1.54) is 6.08 Å². The summed E-state index contributed by atoms with van der Waals surface area (Å²) in [6, 6.07) is 15.5. The second-order valence-electron chi connectivity index (χ2n) is 7.29. The molecule has 0 spiro atoms. The Kier molecular flexibility index (Phi) is 9.08. The van der Waals surface area contributed by atoms with Gasteiger partial charge in [-0.3, -0.25) is 0 Å². The maximum absolute atomic E-state index is 6.06. The van der Waals surface area contributed by atoms with E-state index in [4.69, 9.17) is 33.2 Å². The molecule has 7 nitrogen and oxygen atoms in total. The molecule has 32 heavy (non-hydrogen) atoms. The number of hydrogen-bond acceptors (Lipinski definition) is 7. The fourth-order valence-electron chi connectivity index (χ4n) is 3.42. The van der Waals surface area contributed by atoms with Crippen LogP contribution in [0.25, 0.3) is 0 Å². The molecule has 2 aromatic rings. The molecule has 0 amide bonds. The van der Waals surface area contributed by atoms with Gasteiger partial charge < -0.3 is 33.2 Å². The second kappa shape index (κ2) is 12.0. The first-order valence-corrected chi connectivity index (χ1v) is 10.7. The number of benzene rings is 2. The van der Waals surface area contributed by atoms with E-state index in [1.54, 1.807) is 14.2 Å². The zero-order valence-corrected chi connectivity index (χ0v) is 19.0. The minimum Gasteiger partial charge on any atom is -0.497 e. The van der Waals surface area contributed by atoms with Crippen LogP contribution in [0.5, 0.6) is 11.5 Å². The lowest BCUT2D eigenvalue weighted by Crippen LogP contribution is -2.32. The summed E-state index contributed by atoms with van der Waals surface area (Å²) in [5.41, 5.74) is 2.02. The summed E-state index contributed by atoms with van der Waals surface area (Å²) in [6.07, 6.45) is 0.763. The van der Waals surface area contributed by atoms with Crippen LogP contribution in [-0.4, -0.2) is 52.2 Å². The van der Waals surface area contributed by atoms with Gasteiger partial charge in [0.1, 0.15) is 23.7 Å². The van der Waals surface area contributed by atoms with E-state index in [1.807, 2.05) is 55.5 Å². The van der Waals surface area contributed by atoms with E-state index in [0.29, 0.717) is 33.0 Å². The van der Waals surface area contributed by atoms with Crippen LogP contribution in [0.3, 0.4) is 0 Å². The number of ether oxygens (including phenoxy) is 7. The Labute approximate surface area is 189 Å². The van der Waals surface area contributed by atoms with Crippen LogP contribution in [0.1, 0.15) is 18.1 Å². The van der Waals surface area contributed by atoms with Gasteiger partial charge in [-0.15, -0.1) is 0 Å².